The molecule has 3 rings (SSSR count). The van der Waals surface area contributed by atoms with Crippen molar-refractivity contribution in [2.45, 2.75) is 14.0 Å². The van der Waals surface area contributed by atoms with Crippen molar-refractivity contribution in [3.63, 3.8) is 0 Å². The predicted octanol–water partition coefficient (Wildman–Crippen LogP) is 3.74. The van der Waals surface area contributed by atoms with Gasteiger partial charge < -0.3 is 9.30 Å². The highest BCUT2D eigenvalue weighted by Gasteiger charge is 2.27. The summed E-state index contributed by atoms with van der Waals surface area (Å²) in [6.07, 6.45) is 3.39. The summed E-state index contributed by atoms with van der Waals surface area (Å²) in [5.41, 5.74) is 1.38. The molecule has 0 unspecified atom stereocenters. The third-order valence-corrected chi connectivity index (χ3v) is 8.47. The number of rotatable bonds is 4. The maximum absolute atomic E-state index is 13.2. The number of ether oxygens (including phenoxy) is 1. The van der Waals surface area contributed by atoms with Gasteiger partial charge in [-0.25, -0.2) is 18.2 Å². The second-order valence-corrected chi connectivity index (χ2v) is 9.99. The average Bonchev–Trinajstić information content (AvgIpc) is 3.19. The van der Waals surface area contributed by atoms with E-state index in [1.807, 2.05) is 0 Å². The molecule has 0 aliphatic rings. The number of imidazole rings is 1. The van der Waals surface area contributed by atoms with Crippen LogP contribution in [0.15, 0.2) is 43.0 Å². The van der Waals surface area contributed by atoms with Gasteiger partial charge in [0.05, 0.1) is 33.0 Å². The van der Waals surface area contributed by atoms with Crippen LogP contribution in [-0.4, -0.2) is 37.3 Å². The molecule has 0 aliphatic carbocycles. The molecule has 0 amide bonds. The van der Waals surface area contributed by atoms with Crippen LogP contribution in [0.5, 0.6) is 0 Å². The van der Waals surface area contributed by atoms with Gasteiger partial charge in [0.2, 0.25) is 9.84 Å². The summed E-state index contributed by atoms with van der Waals surface area (Å²) in [4.78, 5) is 16.5. The second-order valence-electron chi connectivity index (χ2n) is 5.09. The van der Waals surface area contributed by atoms with Gasteiger partial charge in [-0.05, 0) is 40.4 Å². The highest BCUT2D eigenvalue weighted by molar-refractivity contribution is 9.10. The third-order valence-electron chi connectivity index (χ3n) is 3.59. The van der Waals surface area contributed by atoms with Crippen molar-refractivity contribution in [3.05, 3.63) is 33.9 Å². The summed E-state index contributed by atoms with van der Waals surface area (Å²) in [5.74, 6) is -0.551. The molecule has 2 heterocycles. The van der Waals surface area contributed by atoms with Crippen LogP contribution in [0.3, 0.4) is 0 Å². The second kappa shape index (κ2) is 6.75. The molecule has 132 valence electrons. The van der Waals surface area contributed by atoms with Gasteiger partial charge in [0.1, 0.15) is 10.4 Å². The van der Waals surface area contributed by atoms with Crippen LogP contribution in [-0.2, 0) is 21.6 Å². The Balaban J connectivity index is 2.21. The fourth-order valence-electron chi connectivity index (χ4n) is 2.33. The first-order valence-electron chi connectivity index (χ1n) is 6.91. The Hall–Kier alpha value is -1.36. The molecule has 1 aromatic carbocycles. The number of halogens is 1. The molecule has 0 radical (unpaired) electrons. The minimum Gasteiger partial charge on any atom is -0.465 e. The topological polar surface area (TPSA) is 78.3 Å². The molecule has 0 aliphatic heterocycles. The predicted molar refractivity (Wildman–Crippen MR) is 101 cm³/mol. The molecule has 25 heavy (non-hydrogen) atoms. The summed E-state index contributed by atoms with van der Waals surface area (Å²) in [6.45, 7) is 0. The fraction of sp³-hybridized carbons (Fsp3) is 0.200. The largest absolute Gasteiger partial charge is 0.465 e. The number of fused-ring (bicyclic) bond motifs is 1. The van der Waals surface area contributed by atoms with Crippen LogP contribution < -0.4 is 0 Å². The maximum atomic E-state index is 13.2. The van der Waals surface area contributed by atoms with Gasteiger partial charge in [0.25, 0.3) is 0 Å². The molecule has 0 saturated carbocycles. The lowest BCUT2D eigenvalue weighted by molar-refractivity contribution is 0.0606. The van der Waals surface area contributed by atoms with Gasteiger partial charge in [-0.3, -0.25) is 0 Å². The fourth-order valence-corrected chi connectivity index (χ4v) is 7.00. The van der Waals surface area contributed by atoms with Crippen molar-refractivity contribution in [3.8, 4) is 0 Å². The first-order valence-corrected chi connectivity index (χ1v) is 11.2. The number of methoxy groups -OCH3 is 1. The van der Waals surface area contributed by atoms with E-state index in [-0.39, 0.29) is 14.7 Å². The first-order chi connectivity index (χ1) is 11.8. The first kappa shape index (κ1) is 18.4. The standard InChI is InChI=1S/C15H13BrN2O4S3/c1-18-7-17-13-9(16)4-8(5-10(13)18)25(20,21)12-6-11(14(19)22-2)24-15(12)23-3/h4-7H,1-3H3. The summed E-state index contributed by atoms with van der Waals surface area (Å²) in [5, 5.41) is 0. The molecule has 0 atom stereocenters. The zero-order valence-electron chi connectivity index (χ0n) is 13.4. The summed E-state index contributed by atoms with van der Waals surface area (Å²) >= 11 is 5.77. The Morgan fingerprint density at radius 3 is 2.72 bits per heavy atom. The van der Waals surface area contributed by atoms with E-state index in [1.54, 1.807) is 30.3 Å². The number of carbonyl (C=O) groups is 1. The Labute approximate surface area is 161 Å². The minimum atomic E-state index is -3.80. The number of aromatic nitrogens is 2. The van der Waals surface area contributed by atoms with Crippen LogP contribution in [0.1, 0.15) is 9.67 Å². The number of carbonyl (C=O) groups excluding carboxylic acids is 1. The van der Waals surface area contributed by atoms with Crippen LogP contribution in [0.25, 0.3) is 11.0 Å². The quantitative estimate of drug-likeness (QED) is 0.435. The van der Waals surface area contributed by atoms with E-state index in [0.717, 1.165) is 11.3 Å². The van der Waals surface area contributed by atoms with Crippen molar-refractivity contribution in [1.29, 1.82) is 0 Å². The van der Waals surface area contributed by atoms with Crippen LogP contribution >= 0.6 is 39.0 Å². The Morgan fingerprint density at radius 1 is 1.36 bits per heavy atom. The number of esters is 1. The third kappa shape index (κ3) is 3.12. The van der Waals surface area contributed by atoms with Crippen LogP contribution in [0.2, 0.25) is 0 Å². The smallest absolute Gasteiger partial charge is 0.348 e. The van der Waals surface area contributed by atoms with Gasteiger partial charge in [0, 0.05) is 11.5 Å². The number of aryl methyl sites for hydroxylation is 1. The Bertz CT molecular complexity index is 1090. The van der Waals surface area contributed by atoms with Gasteiger partial charge in [-0.15, -0.1) is 23.1 Å². The number of hydrogen-bond donors (Lipinski definition) is 0. The Kier molecular flexibility index (Phi) is 4.97. The number of benzene rings is 1. The average molecular weight is 461 g/mol. The van der Waals surface area contributed by atoms with Crippen LogP contribution in [0, 0.1) is 0 Å². The molecule has 2 aromatic heterocycles. The number of sulfone groups is 1. The maximum Gasteiger partial charge on any atom is 0.348 e. The zero-order chi connectivity index (χ0) is 18.4. The van der Waals surface area contributed by atoms with Crippen LogP contribution in [0.4, 0.5) is 0 Å². The van der Waals surface area contributed by atoms with E-state index in [0.29, 0.717) is 19.7 Å². The SMILES string of the molecule is COC(=O)c1cc(S(=O)(=O)c2cc(Br)c3ncn(C)c3c2)c(SC)s1. The lowest BCUT2D eigenvalue weighted by atomic mass is 10.3. The summed E-state index contributed by atoms with van der Waals surface area (Å²) in [7, 11) is -0.737. The molecular formula is C15H13BrN2O4S3. The molecule has 0 fully saturated rings. The molecular weight excluding hydrogens is 448 g/mol. The van der Waals surface area contributed by atoms with Gasteiger partial charge in [0.15, 0.2) is 0 Å². The highest BCUT2D eigenvalue weighted by atomic mass is 79.9. The van der Waals surface area contributed by atoms with E-state index in [9.17, 15) is 13.2 Å². The molecule has 10 heteroatoms. The van der Waals surface area contributed by atoms with Crippen molar-refractivity contribution in [2.75, 3.05) is 13.4 Å². The number of thiophene rings is 1. The normalized spacial score (nSPS) is 11.8. The van der Waals surface area contributed by atoms with Crippen molar-refractivity contribution >= 4 is 65.9 Å². The Morgan fingerprint density at radius 2 is 2.08 bits per heavy atom. The molecule has 3 aromatic rings. The van der Waals surface area contributed by atoms with E-state index in [1.165, 1.54) is 31.0 Å². The lowest BCUT2D eigenvalue weighted by Crippen LogP contribution is -2.03. The van der Waals surface area contributed by atoms with E-state index >= 15 is 0 Å². The summed E-state index contributed by atoms with van der Waals surface area (Å²) < 4.78 is 33.9. The monoisotopic (exact) mass is 460 g/mol. The van der Waals surface area contributed by atoms with Crippen molar-refractivity contribution in [2.24, 2.45) is 7.05 Å². The lowest BCUT2D eigenvalue weighted by Gasteiger charge is -2.06. The van der Waals surface area contributed by atoms with E-state index < -0.39 is 15.8 Å². The molecule has 0 spiro atoms. The molecule has 0 N–H and O–H groups in total. The number of hydrogen-bond acceptors (Lipinski definition) is 7. The van der Waals surface area contributed by atoms with E-state index in [4.69, 9.17) is 4.74 Å². The molecule has 0 bridgehead atoms. The van der Waals surface area contributed by atoms with Crippen molar-refractivity contribution in [1.82, 2.24) is 9.55 Å². The summed E-state index contributed by atoms with van der Waals surface area (Å²) in [6, 6.07) is 4.49. The van der Waals surface area contributed by atoms with Gasteiger partial charge >= 0.3 is 5.97 Å². The van der Waals surface area contributed by atoms with Gasteiger partial charge in [-0.1, -0.05) is 0 Å². The molecule has 6 nitrogen and oxygen atoms in total. The zero-order valence-corrected chi connectivity index (χ0v) is 17.5. The highest BCUT2D eigenvalue weighted by Crippen LogP contribution is 2.38. The number of thioether (sulfide) groups is 1. The van der Waals surface area contributed by atoms with Crippen molar-refractivity contribution < 1.29 is 17.9 Å². The van der Waals surface area contributed by atoms with E-state index in [2.05, 4.69) is 20.9 Å². The van der Waals surface area contributed by atoms with Gasteiger partial charge in [-0.2, -0.15) is 0 Å². The molecule has 0 saturated heterocycles. The number of nitrogens with zero attached hydrogens (tertiary/aromatic N) is 2. The minimum absolute atomic E-state index is 0.110.